The van der Waals surface area contributed by atoms with Crippen LogP contribution in [0.5, 0.6) is 0 Å². The fourth-order valence-electron chi connectivity index (χ4n) is 3.02. The van der Waals surface area contributed by atoms with Crippen LogP contribution < -0.4 is 10.6 Å². The van der Waals surface area contributed by atoms with Gasteiger partial charge in [0.05, 0.1) is 18.2 Å². The van der Waals surface area contributed by atoms with Gasteiger partial charge < -0.3 is 20.5 Å². The van der Waals surface area contributed by atoms with E-state index < -0.39 is 5.97 Å². The summed E-state index contributed by atoms with van der Waals surface area (Å²) in [5.74, 6) is -1.53. The molecule has 3 heterocycles. The normalized spacial score (nSPS) is 17.9. The van der Waals surface area contributed by atoms with Crippen LogP contribution in [0, 0.1) is 5.92 Å². The molecule has 2 aromatic heterocycles. The smallest absolute Gasteiger partial charge is 0.354 e. The topological polar surface area (TPSA) is 123 Å². The van der Waals surface area contributed by atoms with E-state index in [0.29, 0.717) is 24.5 Å². The number of carbonyl (C=O) groups is 2. The van der Waals surface area contributed by atoms with Gasteiger partial charge in [-0.25, -0.2) is 9.31 Å². The second-order valence-corrected chi connectivity index (χ2v) is 5.65. The van der Waals surface area contributed by atoms with Crippen LogP contribution >= 0.6 is 0 Å². The molecule has 9 heteroatoms. The number of anilines is 2. The first kappa shape index (κ1) is 16.0. The Balaban J connectivity index is 1.96. The van der Waals surface area contributed by atoms with Gasteiger partial charge in [-0.15, -0.1) is 5.10 Å². The third-order valence-corrected chi connectivity index (χ3v) is 4.08. The van der Waals surface area contributed by atoms with E-state index in [0.717, 1.165) is 19.4 Å². The maximum Gasteiger partial charge on any atom is 0.354 e. The molecule has 1 aliphatic rings. The number of carboxylic acids is 1. The number of nitrogens with zero attached hydrogens (tertiary/aromatic N) is 4. The minimum atomic E-state index is -1.11. The lowest BCUT2D eigenvalue weighted by Crippen LogP contribution is -2.39. The standard InChI is InChI=1S/C15H19N5O4/c1-2-24-14(23)9-4-3-7-19(8-9)10-5-6-11(13(21)22)20-12(10)17-15(16)18-20/h5-6,9H,2-4,7-8H2,1H3,(H2,16,18)(H,21,22). The predicted molar refractivity (Wildman–Crippen MR) is 85.9 cm³/mol. The molecule has 0 saturated carbocycles. The quantitative estimate of drug-likeness (QED) is 0.787. The van der Waals surface area contributed by atoms with Crippen molar-refractivity contribution in [3.63, 3.8) is 0 Å². The lowest BCUT2D eigenvalue weighted by molar-refractivity contribution is -0.148. The Hall–Kier alpha value is -2.84. The van der Waals surface area contributed by atoms with Gasteiger partial charge in [0, 0.05) is 13.1 Å². The molecule has 1 aliphatic heterocycles. The van der Waals surface area contributed by atoms with Crippen molar-refractivity contribution < 1.29 is 19.4 Å². The van der Waals surface area contributed by atoms with Gasteiger partial charge in [-0.05, 0) is 31.9 Å². The summed E-state index contributed by atoms with van der Waals surface area (Å²) in [6.07, 6.45) is 1.60. The number of carbonyl (C=O) groups excluding carboxylic acids is 1. The Bertz CT molecular complexity index is 788. The molecule has 0 bridgehead atoms. The molecular weight excluding hydrogens is 314 g/mol. The maximum absolute atomic E-state index is 12.0. The molecule has 128 valence electrons. The molecule has 0 amide bonds. The summed E-state index contributed by atoms with van der Waals surface area (Å²) in [6.45, 7) is 3.37. The number of aromatic carboxylic acids is 1. The van der Waals surface area contributed by atoms with Gasteiger partial charge in [0.1, 0.15) is 0 Å². The van der Waals surface area contributed by atoms with E-state index in [2.05, 4.69) is 10.1 Å². The fraction of sp³-hybridized carbons (Fsp3) is 0.467. The van der Waals surface area contributed by atoms with Crippen LogP contribution in [0.4, 0.5) is 11.6 Å². The number of ether oxygens (including phenoxy) is 1. The van der Waals surface area contributed by atoms with Crippen LogP contribution in [0.15, 0.2) is 12.1 Å². The summed E-state index contributed by atoms with van der Waals surface area (Å²) in [5, 5.41) is 13.2. The summed E-state index contributed by atoms with van der Waals surface area (Å²) in [4.78, 5) is 29.5. The van der Waals surface area contributed by atoms with Crippen LogP contribution in [0.2, 0.25) is 0 Å². The Morgan fingerprint density at radius 1 is 1.46 bits per heavy atom. The maximum atomic E-state index is 12.0. The van der Waals surface area contributed by atoms with E-state index in [-0.39, 0.29) is 23.5 Å². The van der Waals surface area contributed by atoms with Gasteiger partial charge in [0.25, 0.3) is 0 Å². The monoisotopic (exact) mass is 333 g/mol. The Labute approximate surface area is 138 Å². The lowest BCUT2D eigenvalue weighted by Gasteiger charge is -2.33. The van der Waals surface area contributed by atoms with Crippen molar-refractivity contribution >= 4 is 29.2 Å². The zero-order valence-corrected chi connectivity index (χ0v) is 13.3. The van der Waals surface area contributed by atoms with Crippen molar-refractivity contribution in [1.82, 2.24) is 14.6 Å². The zero-order valence-electron chi connectivity index (χ0n) is 13.3. The predicted octanol–water partition coefficient (Wildman–Crippen LogP) is 0.789. The highest BCUT2D eigenvalue weighted by Crippen LogP contribution is 2.28. The van der Waals surface area contributed by atoms with Gasteiger partial charge in [-0.1, -0.05) is 0 Å². The molecule has 1 atom stereocenters. The molecule has 0 aromatic carbocycles. The molecule has 3 N–H and O–H groups in total. The number of hydrogen-bond acceptors (Lipinski definition) is 7. The number of piperidine rings is 1. The molecule has 0 radical (unpaired) electrons. The van der Waals surface area contributed by atoms with E-state index in [4.69, 9.17) is 10.5 Å². The fourth-order valence-corrected chi connectivity index (χ4v) is 3.02. The second kappa shape index (κ2) is 6.34. The third kappa shape index (κ3) is 2.84. The van der Waals surface area contributed by atoms with Crippen molar-refractivity contribution in [2.45, 2.75) is 19.8 Å². The minimum Gasteiger partial charge on any atom is -0.477 e. The van der Waals surface area contributed by atoms with Gasteiger partial charge in [0.2, 0.25) is 5.95 Å². The Morgan fingerprint density at radius 3 is 2.96 bits per heavy atom. The zero-order chi connectivity index (χ0) is 17.3. The van der Waals surface area contributed by atoms with E-state index in [1.807, 2.05) is 4.90 Å². The van der Waals surface area contributed by atoms with Crippen LogP contribution in [0.3, 0.4) is 0 Å². The van der Waals surface area contributed by atoms with Crippen molar-refractivity contribution in [3.05, 3.63) is 17.8 Å². The van der Waals surface area contributed by atoms with Gasteiger partial charge in [-0.3, -0.25) is 4.79 Å². The number of hydrogen-bond donors (Lipinski definition) is 2. The number of rotatable bonds is 4. The van der Waals surface area contributed by atoms with Crippen LogP contribution in [0.25, 0.3) is 5.65 Å². The molecule has 1 fully saturated rings. The van der Waals surface area contributed by atoms with Gasteiger partial charge >= 0.3 is 11.9 Å². The van der Waals surface area contributed by atoms with Crippen molar-refractivity contribution in [3.8, 4) is 0 Å². The molecular formula is C15H19N5O4. The first-order valence-corrected chi connectivity index (χ1v) is 7.81. The lowest BCUT2D eigenvalue weighted by atomic mass is 9.98. The summed E-state index contributed by atoms with van der Waals surface area (Å²) in [6, 6.07) is 3.15. The molecule has 0 aliphatic carbocycles. The first-order valence-electron chi connectivity index (χ1n) is 7.81. The Kier molecular flexibility index (Phi) is 4.24. The molecule has 3 rings (SSSR count). The average molecular weight is 333 g/mol. The SMILES string of the molecule is CCOC(=O)C1CCCN(c2ccc(C(=O)O)n3nc(N)nc23)C1. The van der Waals surface area contributed by atoms with Crippen molar-refractivity contribution in [2.24, 2.45) is 5.92 Å². The molecule has 2 aromatic rings. The number of carboxylic acid groups (broad SMARTS) is 1. The van der Waals surface area contributed by atoms with E-state index >= 15 is 0 Å². The highest BCUT2D eigenvalue weighted by molar-refractivity contribution is 5.88. The molecule has 1 saturated heterocycles. The van der Waals surface area contributed by atoms with E-state index in [1.54, 1.807) is 13.0 Å². The number of esters is 1. The first-order chi connectivity index (χ1) is 11.5. The van der Waals surface area contributed by atoms with Crippen molar-refractivity contribution in [2.75, 3.05) is 30.3 Å². The average Bonchev–Trinajstić information content (AvgIpc) is 2.95. The summed E-state index contributed by atoms with van der Waals surface area (Å²) in [7, 11) is 0. The van der Waals surface area contributed by atoms with Crippen LogP contribution in [0.1, 0.15) is 30.3 Å². The number of pyridine rings is 1. The molecule has 1 unspecified atom stereocenters. The number of aromatic nitrogens is 3. The highest BCUT2D eigenvalue weighted by Gasteiger charge is 2.29. The number of fused-ring (bicyclic) bond motifs is 1. The largest absolute Gasteiger partial charge is 0.477 e. The highest BCUT2D eigenvalue weighted by atomic mass is 16.5. The molecule has 0 spiro atoms. The number of nitrogen functional groups attached to an aromatic ring is 1. The second-order valence-electron chi connectivity index (χ2n) is 5.65. The molecule has 24 heavy (non-hydrogen) atoms. The van der Waals surface area contributed by atoms with Crippen molar-refractivity contribution in [1.29, 1.82) is 0 Å². The Morgan fingerprint density at radius 2 is 2.25 bits per heavy atom. The minimum absolute atomic E-state index is 0.00361. The van der Waals surface area contributed by atoms with Gasteiger partial charge in [-0.2, -0.15) is 4.98 Å². The summed E-state index contributed by atoms with van der Waals surface area (Å²) >= 11 is 0. The van der Waals surface area contributed by atoms with E-state index in [9.17, 15) is 14.7 Å². The van der Waals surface area contributed by atoms with E-state index in [1.165, 1.54) is 10.6 Å². The summed E-state index contributed by atoms with van der Waals surface area (Å²) in [5.41, 5.74) is 6.71. The third-order valence-electron chi connectivity index (χ3n) is 4.08. The van der Waals surface area contributed by atoms with Gasteiger partial charge in [0.15, 0.2) is 11.3 Å². The summed E-state index contributed by atoms with van der Waals surface area (Å²) < 4.78 is 6.33. The van der Waals surface area contributed by atoms with Crippen LogP contribution in [-0.2, 0) is 9.53 Å². The molecule has 9 nitrogen and oxygen atoms in total. The number of nitrogens with two attached hydrogens (primary N) is 1. The van der Waals surface area contributed by atoms with Crippen LogP contribution in [-0.4, -0.2) is 51.3 Å².